The van der Waals surface area contributed by atoms with Crippen molar-refractivity contribution < 1.29 is 14.3 Å². The molecule has 0 aromatic heterocycles. The molecule has 88 valence electrons. The molecule has 1 fully saturated rings. The summed E-state index contributed by atoms with van der Waals surface area (Å²) in [6.45, 7) is 6.43. The van der Waals surface area contributed by atoms with Crippen LogP contribution in [0.25, 0.3) is 0 Å². The standard InChI is InChI=1S/C11H21NO3/c1-3-12-11(10(13)15-4-2)6-5-8-14-9-7-11/h12H,3-9H2,1-2H3. The van der Waals surface area contributed by atoms with E-state index < -0.39 is 5.54 Å². The number of hydrogen-bond donors (Lipinski definition) is 1. The first-order chi connectivity index (χ1) is 7.25. The second kappa shape index (κ2) is 6.08. The highest BCUT2D eigenvalue weighted by Crippen LogP contribution is 2.23. The van der Waals surface area contributed by atoms with Crippen LogP contribution < -0.4 is 5.32 Å². The summed E-state index contributed by atoms with van der Waals surface area (Å²) in [6, 6.07) is 0. The van der Waals surface area contributed by atoms with Gasteiger partial charge in [-0.2, -0.15) is 0 Å². The van der Waals surface area contributed by atoms with Crippen LogP contribution in [0.3, 0.4) is 0 Å². The van der Waals surface area contributed by atoms with Crippen LogP contribution in [0.1, 0.15) is 33.1 Å². The zero-order chi connectivity index (χ0) is 11.1. The minimum atomic E-state index is -0.513. The Morgan fingerprint density at radius 1 is 1.40 bits per heavy atom. The Balaban J connectivity index is 2.69. The van der Waals surface area contributed by atoms with Crippen LogP contribution in [-0.4, -0.2) is 37.9 Å². The van der Waals surface area contributed by atoms with Crippen LogP contribution in [0.4, 0.5) is 0 Å². The molecule has 1 heterocycles. The molecule has 1 saturated heterocycles. The van der Waals surface area contributed by atoms with Crippen molar-refractivity contribution in [2.24, 2.45) is 0 Å². The first-order valence-corrected chi connectivity index (χ1v) is 5.75. The van der Waals surface area contributed by atoms with E-state index in [4.69, 9.17) is 9.47 Å². The molecule has 0 aliphatic carbocycles. The van der Waals surface area contributed by atoms with Crippen LogP contribution in [0, 0.1) is 0 Å². The maximum Gasteiger partial charge on any atom is 0.326 e. The predicted molar refractivity (Wildman–Crippen MR) is 57.7 cm³/mol. The van der Waals surface area contributed by atoms with Gasteiger partial charge >= 0.3 is 5.97 Å². The Labute approximate surface area is 91.3 Å². The molecule has 0 spiro atoms. The summed E-state index contributed by atoms with van der Waals surface area (Å²) in [7, 11) is 0. The van der Waals surface area contributed by atoms with Gasteiger partial charge in [0.25, 0.3) is 0 Å². The number of carbonyl (C=O) groups is 1. The molecule has 0 aromatic rings. The van der Waals surface area contributed by atoms with Gasteiger partial charge in [-0.1, -0.05) is 6.92 Å². The molecule has 1 aliphatic rings. The molecular weight excluding hydrogens is 194 g/mol. The van der Waals surface area contributed by atoms with E-state index >= 15 is 0 Å². The quantitative estimate of drug-likeness (QED) is 0.713. The summed E-state index contributed by atoms with van der Waals surface area (Å²) >= 11 is 0. The van der Waals surface area contributed by atoms with Gasteiger partial charge in [0.1, 0.15) is 5.54 Å². The molecule has 4 heteroatoms. The van der Waals surface area contributed by atoms with E-state index in [0.717, 1.165) is 26.0 Å². The zero-order valence-corrected chi connectivity index (χ0v) is 9.67. The van der Waals surface area contributed by atoms with E-state index in [0.29, 0.717) is 19.6 Å². The summed E-state index contributed by atoms with van der Waals surface area (Å²) in [5.41, 5.74) is -0.513. The van der Waals surface area contributed by atoms with E-state index in [1.807, 2.05) is 13.8 Å². The third-order valence-corrected chi connectivity index (χ3v) is 2.75. The largest absolute Gasteiger partial charge is 0.465 e. The predicted octanol–water partition coefficient (Wildman–Crippen LogP) is 1.10. The Bertz CT molecular complexity index is 198. The number of carbonyl (C=O) groups excluding carboxylic acids is 1. The van der Waals surface area contributed by atoms with Gasteiger partial charge in [-0.15, -0.1) is 0 Å². The van der Waals surface area contributed by atoms with Gasteiger partial charge in [0.2, 0.25) is 0 Å². The topological polar surface area (TPSA) is 47.6 Å². The summed E-state index contributed by atoms with van der Waals surface area (Å²) in [6.07, 6.45) is 2.42. The van der Waals surface area contributed by atoms with Crippen LogP contribution in [-0.2, 0) is 14.3 Å². The molecule has 4 nitrogen and oxygen atoms in total. The van der Waals surface area contributed by atoms with Crippen LogP contribution in [0.5, 0.6) is 0 Å². The van der Waals surface area contributed by atoms with E-state index in [1.54, 1.807) is 0 Å². The van der Waals surface area contributed by atoms with E-state index in [2.05, 4.69) is 5.32 Å². The fourth-order valence-corrected chi connectivity index (χ4v) is 2.01. The first kappa shape index (κ1) is 12.5. The summed E-state index contributed by atoms with van der Waals surface area (Å²) in [5, 5.41) is 3.27. The summed E-state index contributed by atoms with van der Waals surface area (Å²) < 4.78 is 10.5. The lowest BCUT2D eigenvalue weighted by atomic mass is 9.90. The highest BCUT2D eigenvalue weighted by atomic mass is 16.5. The maximum atomic E-state index is 11.9. The molecule has 1 atom stereocenters. The minimum absolute atomic E-state index is 0.127. The molecule has 0 bridgehead atoms. The molecule has 15 heavy (non-hydrogen) atoms. The fourth-order valence-electron chi connectivity index (χ4n) is 2.01. The average molecular weight is 215 g/mol. The molecule has 0 aromatic carbocycles. The van der Waals surface area contributed by atoms with Gasteiger partial charge in [-0.3, -0.25) is 4.79 Å². The van der Waals surface area contributed by atoms with Crippen LogP contribution in [0.15, 0.2) is 0 Å². The number of hydrogen-bond acceptors (Lipinski definition) is 4. The number of nitrogens with one attached hydrogen (secondary N) is 1. The van der Waals surface area contributed by atoms with Crippen molar-refractivity contribution in [3.63, 3.8) is 0 Å². The molecule has 0 radical (unpaired) electrons. The van der Waals surface area contributed by atoms with Crippen molar-refractivity contribution in [3.8, 4) is 0 Å². The molecule has 0 saturated carbocycles. The maximum absolute atomic E-state index is 11.9. The van der Waals surface area contributed by atoms with Gasteiger partial charge in [-0.25, -0.2) is 0 Å². The highest BCUT2D eigenvalue weighted by Gasteiger charge is 2.39. The Kier molecular flexibility index (Phi) is 5.05. The zero-order valence-electron chi connectivity index (χ0n) is 9.67. The summed E-state index contributed by atoms with van der Waals surface area (Å²) in [5.74, 6) is -0.127. The highest BCUT2D eigenvalue weighted by molar-refractivity contribution is 5.80. The van der Waals surface area contributed by atoms with Crippen molar-refractivity contribution in [3.05, 3.63) is 0 Å². The van der Waals surface area contributed by atoms with Crippen LogP contribution >= 0.6 is 0 Å². The van der Waals surface area contributed by atoms with Crippen molar-refractivity contribution >= 4 is 5.97 Å². The minimum Gasteiger partial charge on any atom is -0.465 e. The van der Waals surface area contributed by atoms with E-state index in [9.17, 15) is 4.79 Å². The third kappa shape index (κ3) is 3.18. The molecule has 1 aliphatic heterocycles. The second-order valence-corrected chi connectivity index (χ2v) is 3.80. The monoisotopic (exact) mass is 215 g/mol. The van der Waals surface area contributed by atoms with Gasteiger partial charge in [0.05, 0.1) is 6.61 Å². The van der Waals surface area contributed by atoms with Gasteiger partial charge in [0.15, 0.2) is 0 Å². The average Bonchev–Trinajstić information content (AvgIpc) is 2.45. The Morgan fingerprint density at radius 2 is 2.20 bits per heavy atom. The van der Waals surface area contributed by atoms with E-state index in [-0.39, 0.29) is 5.97 Å². The van der Waals surface area contributed by atoms with Crippen molar-refractivity contribution in [2.75, 3.05) is 26.4 Å². The van der Waals surface area contributed by atoms with Crippen molar-refractivity contribution in [1.29, 1.82) is 0 Å². The molecule has 0 amide bonds. The first-order valence-electron chi connectivity index (χ1n) is 5.75. The van der Waals surface area contributed by atoms with Crippen molar-refractivity contribution in [1.82, 2.24) is 5.32 Å². The van der Waals surface area contributed by atoms with E-state index in [1.165, 1.54) is 0 Å². The molecular formula is C11H21NO3. The molecule has 1 rings (SSSR count). The second-order valence-electron chi connectivity index (χ2n) is 3.80. The lowest BCUT2D eigenvalue weighted by Gasteiger charge is -2.30. The fraction of sp³-hybridized carbons (Fsp3) is 0.909. The summed E-state index contributed by atoms with van der Waals surface area (Å²) in [4.78, 5) is 11.9. The Hall–Kier alpha value is -0.610. The lowest BCUT2D eigenvalue weighted by molar-refractivity contribution is -0.152. The SMILES string of the molecule is CCNC1(C(=O)OCC)CCCOCC1. The normalized spacial score (nSPS) is 27.1. The number of likely N-dealkylation sites (N-methyl/N-ethyl adjacent to an activating group) is 1. The Morgan fingerprint density at radius 3 is 2.87 bits per heavy atom. The van der Waals surface area contributed by atoms with Gasteiger partial charge in [0, 0.05) is 13.2 Å². The van der Waals surface area contributed by atoms with Gasteiger partial charge in [-0.05, 0) is 32.7 Å². The number of ether oxygens (including phenoxy) is 2. The van der Waals surface area contributed by atoms with Crippen LogP contribution in [0.2, 0.25) is 0 Å². The number of esters is 1. The molecule has 1 N–H and O–H groups in total. The smallest absolute Gasteiger partial charge is 0.326 e. The lowest BCUT2D eigenvalue weighted by Crippen LogP contribution is -2.53. The third-order valence-electron chi connectivity index (χ3n) is 2.75. The molecule has 1 unspecified atom stereocenters. The van der Waals surface area contributed by atoms with Gasteiger partial charge < -0.3 is 14.8 Å². The number of rotatable bonds is 4. The van der Waals surface area contributed by atoms with Crippen molar-refractivity contribution in [2.45, 2.75) is 38.6 Å².